The van der Waals surface area contributed by atoms with Gasteiger partial charge in [0.1, 0.15) is 0 Å². The van der Waals surface area contributed by atoms with Crippen LogP contribution in [-0.4, -0.2) is 30.6 Å². The van der Waals surface area contributed by atoms with E-state index in [0.29, 0.717) is 18.3 Å². The summed E-state index contributed by atoms with van der Waals surface area (Å²) in [6.07, 6.45) is 9.44. The highest BCUT2D eigenvalue weighted by molar-refractivity contribution is 5.95. The van der Waals surface area contributed by atoms with E-state index in [1.807, 2.05) is 0 Å². The Morgan fingerprint density at radius 2 is 1.78 bits per heavy atom. The quantitative estimate of drug-likeness (QED) is 0.759. The van der Waals surface area contributed by atoms with E-state index in [9.17, 15) is 14.4 Å². The minimum Gasteiger partial charge on any atom is -0.456 e. The second-order valence-corrected chi connectivity index (χ2v) is 7.30. The third-order valence-electron chi connectivity index (χ3n) is 5.62. The summed E-state index contributed by atoms with van der Waals surface area (Å²) in [5.41, 5.74) is 0. The number of rotatable bonds is 5. The van der Waals surface area contributed by atoms with Gasteiger partial charge in [-0.1, -0.05) is 19.3 Å². The maximum Gasteiger partial charge on any atom is 0.321 e. The van der Waals surface area contributed by atoms with Gasteiger partial charge in [-0.25, -0.2) is 4.79 Å². The lowest BCUT2D eigenvalue weighted by atomic mass is 9.86. The number of urea groups is 1. The number of ether oxygens (including phenoxy) is 1. The summed E-state index contributed by atoms with van der Waals surface area (Å²) in [6.45, 7) is -0.377. The van der Waals surface area contributed by atoms with Crippen molar-refractivity contribution in [1.82, 2.24) is 10.6 Å². The molecule has 0 aromatic carbocycles. The maximum absolute atomic E-state index is 11.8. The van der Waals surface area contributed by atoms with Crippen molar-refractivity contribution >= 4 is 17.9 Å². The van der Waals surface area contributed by atoms with Crippen molar-refractivity contribution in [2.75, 3.05) is 6.61 Å². The van der Waals surface area contributed by atoms with Crippen molar-refractivity contribution in [2.24, 2.45) is 17.8 Å². The Morgan fingerprint density at radius 1 is 1.00 bits per heavy atom. The van der Waals surface area contributed by atoms with E-state index in [2.05, 4.69) is 10.6 Å². The number of esters is 1. The number of fused-ring (bicyclic) bond motifs is 2. The number of imide groups is 1. The van der Waals surface area contributed by atoms with Crippen LogP contribution in [0.15, 0.2) is 0 Å². The van der Waals surface area contributed by atoms with Crippen LogP contribution < -0.4 is 10.6 Å². The molecule has 6 heteroatoms. The molecule has 0 spiro atoms. The van der Waals surface area contributed by atoms with Crippen molar-refractivity contribution in [1.29, 1.82) is 0 Å². The Hall–Kier alpha value is -1.59. The lowest BCUT2D eigenvalue weighted by molar-refractivity contribution is -0.149. The fourth-order valence-electron chi connectivity index (χ4n) is 4.50. The Balaban J connectivity index is 1.30. The second-order valence-electron chi connectivity index (χ2n) is 7.30. The van der Waals surface area contributed by atoms with Crippen LogP contribution in [0, 0.1) is 17.8 Å². The smallest absolute Gasteiger partial charge is 0.321 e. The zero-order valence-corrected chi connectivity index (χ0v) is 13.5. The predicted octanol–water partition coefficient (Wildman–Crippen LogP) is 2.12. The summed E-state index contributed by atoms with van der Waals surface area (Å²) in [5.74, 6) is 0.990. The van der Waals surface area contributed by atoms with E-state index in [1.54, 1.807) is 0 Å². The Morgan fingerprint density at radius 3 is 2.43 bits per heavy atom. The van der Waals surface area contributed by atoms with Gasteiger partial charge in [-0.3, -0.25) is 14.9 Å². The van der Waals surface area contributed by atoms with Gasteiger partial charge in [-0.2, -0.15) is 0 Å². The van der Waals surface area contributed by atoms with Crippen LogP contribution in [-0.2, 0) is 14.3 Å². The van der Waals surface area contributed by atoms with Crippen LogP contribution in [0.2, 0.25) is 0 Å². The normalized spacial score (nSPS) is 29.5. The van der Waals surface area contributed by atoms with Gasteiger partial charge in [0.15, 0.2) is 6.61 Å². The molecular weight excluding hydrogens is 296 g/mol. The monoisotopic (exact) mass is 322 g/mol. The number of carbonyl (C=O) groups excluding carboxylic acids is 3. The van der Waals surface area contributed by atoms with Gasteiger partial charge < -0.3 is 10.1 Å². The lowest BCUT2D eigenvalue weighted by Crippen LogP contribution is -2.45. The summed E-state index contributed by atoms with van der Waals surface area (Å²) in [5, 5.41) is 4.98. The Bertz CT molecular complexity index is 473. The van der Waals surface area contributed by atoms with E-state index in [-0.39, 0.29) is 18.6 Å². The molecule has 0 aliphatic heterocycles. The molecule has 128 valence electrons. The zero-order valence-electron chi connectivity index (χ0n) is 13.5. The van der Waals surface area contributed by atoms with Crippen LogP contribution in [0.25, 0.3) is 0 Å². The summed E-state index contributed by atoms with van der Waals surface area (Å²) in [6, 6.07) is -0.339. The number of carbonyl (C=O) groups is 3. The standard InChI is InChI=1S/C17H26N2O4/c20-15(19-17(22)18-14-3-1-2-4-14)10-23-16(21)9-13-8-11-5-6-12(13)7-11/h11-14H,1-10H2,(H2,18,19,20,22)/t11-,12+,13-/m1/s1. The van der Waals surface area contributed by atoms with Crippen LogP contribution >= 0.6 is 0 Å². The first-order chi connectivity index (χ1) is 11.1. The molecule has 23 heavy (non-hydrogen) atoms. The lowest BCUT2D eigenvalue weighted by Gasteiger charge is -2.20. The molecule has 2 N–H and O–H groups in total. The highest BCUT2D eigenvalue weighted by Gasteiger charge is 2.40. The molecule has 0 saturated heterocycles. The molecule has 0 aromatic heterocycles. The number of hydrogen-bond acceptors (Lipinski definition) is 4. The summed E-state index contributed by atoms with van der Waals surface area (Å²) in [4.78, 5) is 35.1. The third-order valence-corrected chi connectivity index (χ3v) is 5.62. The fourth-order valence-corrected chi connectivity index (χ4v) is 4.50. The van der Waals surface area contributed by atoms with Crippen molar-refractivity contribution in [3.05, 3.63) is 0 Å². The van der Waals surface area contributed by atoms with Crippen molar-refractivity contribution in [2.45, 2.75) is 63.8 Å². The molecule has 3 aliphatic carbocycles. The van der Waals surface area contributed by atoms with E-state index >= 15 is 0 Å². The highest BCUT2D eigenvalue weighted by Crippen LogP contribution is 2.49. The minimum atomic E-state index is -0.568. The minimum absolute atomic E-state index is 0.156. The van der Waals surface area contributed by atoms with Crippen LogP contribution in [0.1, 0.15) is 57.8 Å². The van der Waals surface area contributed by atoms with Gasteiger partial charge in [0.05, 0.1) is 0 Å². The van der Waals surface area contributed by atoms with Gasteiger partial charge >= 0.3 is 12.0 Å². The molecule has 3 atom stereocenters. The molecule has 3 amide bonds. The zero-order chi connectivity index (χ0) is 16.2. The second kappa shape index (κ2) is 7.32. The molecule has 3 saturated carbocycles. The van der Waals surface area contributed by atoms with Gasteiger partial charge in [-0.15, -0.1) is 0 Å². The number of nitrogens with one attached hydrogen (secondary N) is 2. The first-order valence-corrected chi connectivity index (χ1v) is 8.86. The van der Waals surface area contributed by atoms with Gasteiger partial charge in [0, 0.05) is 12.5 Å². The van der Waals surface area contributed by atoms with Gasteiger partial charge in [-0.05, 0) is 49.9 Å². The van der Waals surface area contributed by atoms with E-state index in [1.165, 1.54) is 19.3 Å². The molecule has 6 nitrogen and oxygen atoms in total. The molecule has 0 aromatic rings. The molecular formula is C17H26N2O4. The molecule has 3 rings (SSSR count). The Kier molecular flexibility index (Phi) is 5.18. The topological polar surface area (TPSA) is 84.5 Å². The first kappa shape index (κ1) is 16.3. The average Bonchev–Trinajstić information content (AvgIpc) is 3.22. The third kappa shape index (κ3) is 4.45. The Labute approximate surface area is 136 Å². The van der Waals surface area contributed by atoms with E-state index in [4.69, 9.17) is 4.74 Å². The SMILES string of the molecule is O=C(COC(=O)C[C@H]1C[C@@H]2CC[C@H]1C2)NC(=O)NC1CCCC1. The average molecular weight is 322 g/mol. The summed E-state index contributed by atoms with van der Waals surface area (Å²) >= 11 is 0. The largest absolute Gasteiger partial charge is 0.456 e. The van der Waals surface area contributed by atoms with Gasteiger partial charge in [0.2, 0.25) is 0 Å². The van der Waals surface area contributed by atoms with Crippen molar-refractivity contribution in [3.63, 3.8) is 0 Å². The van der Waals surface area contributed by atoms with Gasteiger partial charge in [0.25, 0.3) is 5.91 Å². The van der Waals surface area contributed by atoms with Crippen LogP contribution in [0.5, 0.6) is 0 Å². The van der Waals surface area contributed by atoms with E-state index in [0.717, 1.165) is 38.0 Å². The fraction of sp³-hybridized carbons (Fsp3) is 0.824. The molecule has 3 aliphatic rings. The first-order valence-electron chi connectivity index (χ1n) is 8.86. The molecule has 2 bridgehead atoms. The van der Waals surface area contributed by atoms with Crippen LogP contribution in [0.4, 0.5) is 4.79 Å². The highest BCUT2D eigenvalue weighted by atomic mass is 16.5. The molecule has 0 radical (unpaired) electrons. The number of amides is 3. The molecule has 0 unspecified atom stereocenters. The summed E-state index contributed by atoms with van der Waals surface area (Å²) < 4.78 is 5.01. The predicted molar refractivity (Wildman–Crippen MR) is 83.4 cm³/mol. The van der Waals surface area contributed by atoms with Crippen LogP contribution in [0.3, 0.4) is 0 Å². The molecule has 0 heterocycles. The summed E-state index contributed by atoms with van der Waals surface area (Å²) in [7, 11) is 0. The maximum atomic E-state index is 11.8. The number of hydrogen-bond donors (Lipinski definition) is 2. The van der Waals surface area contributed by atoms with Crippen molar-refractivity contribution < 1.29 is 19.1 Å². The van der Waals surface area contributed by atoms with E-state index < -0.39 is 11.9 Å². The molecule has 3 fully saturated rings. The van der Waals surface area contributed by atoms with Crippen molar-refractivity contribution in [3.8, 4) is 0 Å².